The van der Waals surface area contributed by atoms with E-state index in [1.54, 1.807) is 0 Å². The summed E-state index contributed by atoms with van der Waals surface area (Å²) in [5.74, 6) is 0.0460. The van der Waals surface area contributed by atoms with E-state index in [-0.39, 0.29) is 11.3 Å². The normalized spacial score (nSPS) is 41.8. The fraction of sp³-hybridized carbons (Fsp3) is 0.900. The predicted octanol–water partition coefficient (Wildman–Crippen LogP) is 1.38. The van der Waals surface area contributed by atoms with E-state index >= 15 is 0 Å². The molecule has 2 aliphatic rings. The van der Waals surface area contributed by atoms with Crippen LogP contribution in [0.25, 0.3) is 0 Å². The number of hydrogen-bond donors (Lipinski definition) is 1. The van der Waals surface area contributed by atoms with Crippen molar-refractivity contribution in [3.05, 3.63) is 0 Å². The van der Waals surface area contributed by atoms with E-state index in [1.807, 2.05) is 0 Å². The largest absolute Gasteiger partial charge is 0.481 e. The highest BCUT2D eigenvalue weighted by molar-refractivity contribution is 5.75. The van der Waals surface area contributed by atoms with Crippen molar-refractivity contribution < 1.29 is 14.6 Å². The average Bonchev–Trinajstić information content (AvgIpc) is 2.50. The molecule has 0 aromatic rings. The van der Waals surface area contributed by atoms with Crippen LogP contribution in [-0.4, -0.2) is 24.3 Å². The standard InChI is InChI=1S/C10H16O3/c1-10(2)7(8(10)9(11)12)6-3-4-13-5-6/h6-8H,3-5H2,1-2H3,(H,11,12). The number of carboxylic acids is 1. The molecule has 3 heteroatoms. The molecule has 1 heterocycles. The van der Waals surface area contributed by atoms with Crippen molar-refractivity contribution in [3.63, 3.8) is 0 Å². The molecule has 0 amide bonds. The minimum Gasteiger partial charge on any atom is -0.481 e. The maximum atomic E-state index is 10.9. The second-order valence-electron chi connectivity index (χ2n) is 4.79. The Balaban J connectivity index is 2.05. The lowest BCUT2D eigenvalue weighted by Gasteiger charge is -2.07. The van der Waals surface area contributed by atoms with Crippen molar-refractivity contribution >= 4 is 5.97 Å². The summed E-state index contributed by atoms with van der Waals surface area (Å²) in [6, 6.07) is 0. The number of ether oxygens (including phenoxy) is 1. The van der Waals surface area contributed by atoms with Gasteiger partial charge >= 0.3 is 5.97 Å². The monoisotopic (exact) mass is 184 g/mol. The first kappa shape index (κ1) is 9.00. The van der Waals surface area contributed by atoms with Crippen LogP contribution < -0.4 is 0 Å². The van der Waals surface area contributed by atoms with E-state index in [9.17, 15) is 4.79 Å². The van der Waals surface area contributed by atoms with Gasteiger partial charge in [-0.25, -0.2) is 0 Å². The smallest absolute Gasteiger partial charge is 0.307 e. The molecule has 1 saturated carbocycles. The Morgan fingerprint density at radius 3 is 2.62 bits per heavy atom. The van der Waals surface area contributed by atoms with E-state index in [0.717, 1.165) is 19.6 Å². The van der Waals surface area contributed by atoms with Crippen LogP contribution in [-0.2, 0) is 9.53 Å². The van der Waals surface area contributed by atoms with E-state index in [1.165, 1.54) is 0 Å². The Bertz CT molecular complexity index is 228. The van der Waals surface area contributed by atoms with Crippen molar-refractivity contribution in [2.45, 2.75) is 20.3 Å². The molecule has 0 aromatic carbocycles. The molecular weight excluding hydrogens is 168 g/mol. The van der Waals surface area contributed by atoms with Gasteiger partial charge < -0.3 is 9.84 Å². The molecule has 0 bridgehead atoms. The van der Waals surface area contributed by atoms with Crippen molar-refractivity contribution in [1.29, 1.82) is 0 Å². The van der Waals surface area contributed by atoms with Gasteiger partial charge in [0.15, 0.2) is 0 Å². The van der Waals surface area contributed by atoms with Gasteiger partial charge in [0.25, 0.3) is 0 Å². The summed E-state index contributed by atoms with van der Waals surface area (Å²) < 4.78 is 5.29. The quantitative estimate of drug-likeness (QED) is 0.705. The first-order chi connectivity index (χ1) is 6.05. The highest BCUT2D eigenvalue weighted by Crippen LogP contribution is 2.62. The summed E-state index contributed by atoms with van der Waals surface area (Å²) in [5, 5.41) is 8.98. The van der Waals surface area contributed by atoms with Crippen LogP contribution in [0.1, 0.15) is 20.3 Å². The summed E-state index contributed by atoms with van der Waals surface area (Å²) in [6.07, 6.45) is 1.04. The highest BCUT2D eigenvalue weighted by atomic mass is 16.5. The zero-order chi connectivity index (χ0) is 9.64. The first-order valence-corrected chi connectivity index (χ1v) is 4.85. The zero-order valence-electron chi connectivity index (χ0n) is 8.12. The predicted molar refractivity (Wildman–Crippen MR) is 47.3 cm³/mol. The van der Waals surface area contributed by atoms with Crippen LogP contribution in [0, 0.1) is 23.2 Å². The number of rotatable bonds is 2. The molecule has 74 valence electrons. The zero-order valence-corrected chi connectivity index (χ0v) is 8.12. The van der Waals surface area contributed by atoms with E-state index < -0.39 is 5.97 Å². The van der Waals surface area contributed by atoms with Crippen molar-refractivity contribution in [2.24, 2.45) is 23.2 Å². The third-order valence-corrected chi connectivity index (χ3v) is 3.65. The minimum atomic E-state index is -0.637. The van der Waals surface area contributed by atoms with Crippen LogP contribution in [0.5, 0.6) is 0 Å². The van der Waals surface area contributed by atoms with E-state index in [4.69, 9.17) is 9.84 Å². The number of hydrogen-bond acceptors (Lipinski definition) is 2. The van der Waals surface area contributed by atoms with Crippen LogP contribution in [0.2, 0.25) is 0 Å². The summed E-state index contributed by atoms with van der Waals surface area (Å²) >= 11 is 0. The lowest BCUT2D eigenvalue weighted by Crippen LogP contribution is -2.08. The molecule has 3 nitrogen and oxygen atoms in total. The van der Waals surface area contributed by atoms with E-state index in [0.29, 0.717) is 11.8 Å². The van der Waals surface area contributed by atoms with Crippen LogP contribution >= 0.6 is 0 Å². The second-order valence-corrected chi connectivity index (χ2v) is 4.79. The maximum Gasteiger partial charge on any atom is 0.307 e. The Hall–Kier alpha value is -0.570. The Morgan fingerprint density at radius 1 is 1.54 bits per heavy atom. The molecular formula is C10H16O3. The maximum absolute atomic E-state index is 10.9. The SMILES string of the molecule is CC1(C)C(C(=O)O)C1C1CCOC1. The average molecular weight is 184 g/mol. The van der Waals surface area contributed by atoms with Gasteiger partial charge in [0.05, 0.1) is 5.92 Å². The third kappa shape index (κ3) is 1.26. The third-order valence-electron chi connectivity index (χ3n) is 3.65. The Morgan fingerprint density at radius 2 is 2.23 bits per heavy atom. The second kappa shape index (κ2) is 2.71. The van der Waals surface area contributed by atoms with Crippen LogP contribution in [0.3, 0.4) is 0 Å². The van der Waals surface area contributed by atoms with Crippen molar-refractivity contribution in [3.8, 4) is 0 Å². The number of carboxylic acid groups (broad SMARTS) is 1. The van der Waals surface area contributed by atoms with Crippen LogP contribution in [0.15, 0.2) is 0 Å². The molecule has 13 heavy (non-hydrogen) atoms. The van der Waals surface area contributed by atoms with Gasteiger partial charge in [0, 0.05) is 13.2 Å². The molecule has 3 atom stereocenters. The van der Waals surface area contributed by atoms with Gasteiger partial charge in [-0.05, 0) is 23.7 Å². The van der Waals surface area contributed by atoms with Crippen molar-refractivity contribution in [2.75, 3.05) is 13.2 Å². The summed E-state index contributed by atoms with van der Waals surface area (Å²) in [7, 11) is 0. The summed E-state index contributed by atoms with van der Waals surface area (Å²) in [4.78, 5) is 10.9. The highest BCUT2D eigenvalue weighted by Gasteiger charge is 2.64. The van der Waals surface area contributed by atoms with Gasteiger partial charge in [-0.2, -0.15) is 0 Å². The molecule has 1 aliphatic carbocycles. The summed E-state index contributed by atoms with van der Waals surface area (Å²) in [6.45, 7) is 5.67. The lowest BCUT2D eigenvalue weighted by molar-refractivity contribution is -0.139. The molecule has 0 spiro atoms. The fourth-order valence-electron chi connectivity index (χ4n) is 2.87. The molecule has 2 rings (SSSR count). The Kier molecular flexibility index (Phi) is 1.88. The molecule has 1 aliphatic heterocycles. The molecule has 0 radical (unpaired) electrons. The lowest BCUT2D eigenvalue weighted by atomic mass is 9.97. The van der Waals surface area contributed by atoms with E-state index in [2.05, 4.69) is 13.8 Å². The topological polar surface area (TPSA) is 46.5 Å². The van der Waals surface area contributed by atoms with Crippen molar-refractivity contribution in [1.82, 2.24) is 0 Å². The number of aliphatic carboxylic acids is 1. The van der Waals surface area contributed by atoms with Crippen LogP contribution in [0.4, 0.5) is 0 Å². The molecule has 2 fully saturated rings. The fourth-order valence-corrected chi connectivity index (χ4v) is 2.87. The molecule has 0 aromatic heterocycles. The van der Waals surface area contributed by atoms with Gasteiger partial charge in [0.2, 0.25) is 0 Å². The first-order valence-electron chi connectivity index (χ1n) is 4.85. The molecule has 1 saturated heterocycles. The van der Waals surface area contributed by atoms with Gasteiger partial charge in [-0.1, -0.05) is 13.8 Å². The van der Waals surface area contributed by atoms with Gasteiger partial charge in [0.1, 0.15) is 0 Å². The molecule has 1 N–H and O–H groups in total. The summed E-state index contributed by atoms with van der Waals surface area (Å²) in [5.41, 5.74) is -0.00972. The Labute approximate surface area is 78.1 Å². The van der Waals surface area contributed by atoms with Gasteiger partial charge in [-0.3, -0.25) is 4.79 Å². The number of carbonyl (C=O) groups is 1. The molecule has 3 unspecified atom stereocenters. The minimum absolute atomic E-state index is 0.00972. The van der Waals surface area contributed by atoms with Gasteiger partial charge in [-0.15, -0.1) is 0 Å².